The summed E-state index contributed by atoms with van der Waals surface area (Å²) in [6.07, 6.45) is 1.78. The predicted octanol–water partition coefficient (Wildman–Crippen LogP) is 3.55. The molecule has 2 aromatic rings. The third kappa shape index (κ3) is 6.22. The highest BCUT2D eigenvalue weighted by Crippen LogP contribution is 2.11. The minimum Gasteiger partial charge on any atom is -0.372 e. The largest absolute Gasteiger partial charge is 0.372 e. The van der Waals surface area contributed by atoms with Gasteiger partial charge in [-0.15, -0.1) is 6.58 Å². The average Bonchev–Trinajstić information content (AvgIpc) is 2.60. The number of thiocarbonyl (C=S) groups is 1. The summed E-state index contributed by atoms with van der Waals surface area (Å²) in [6, 6.07) is 18.4. The Morgan fingerprint density at radius 1 is 0.957 bits per heavy atom. The second-order valence-electron chi connectivity index (χ2n) is 5.10. The maximum Gasteiger partial charge on any atom is 0.166 e. The van der Waals surface area contributed by atoms with Crippen molar-refractivity contribution in [2.24, 2.45) is 0 Å². The first-order valence-corrected chi connectivity index (χ1v) is 8.01. The quantitative estimate of drug-likeness (QED) is 0.574. The zero-order valence-electron chi connectivity index (χ0n) is 13.1. The van der Waals surface area contributed by atoms with Gasteiger partial charge in [0.25, 0.3) is 0 Å². The molecule has 0 aromatic heterocycles. The zero-order chi connectivity index (χ0) is 16.3. The molecule has 120 valence electrons. The SMILES string of the molecule is C=CCNC(=S)NCc1ccccc1COCc1ccccc1. The molecule has 0 aliphatic heterocycles. The van der Waals surface area contributed by atoms with Crippen LogP contribution in [-0.4, -0.2) is 11.7 Å². The summed E-state index contributed by atoms with van der Waals surface area (Å²) in [5.41, 5.74) is 3.53. The summed E-state index contributed by atoms with van der Waals surface area (Å²) in [6.45, 7) is 6.19. The van der Waals surface area contributed by atoms with Gasteiger partial charge in [0, 0.05) is 13.1 Å². The van der Waals surface area contributed by atoms with Gasteiger partial charge in [-0.05, 0) is 28.9 Å². The lowest BCUT2D eigenvalue weighted by molar-refractivity contribution is 0.106. The van der Waals surface area contributed by atoms with E-state index in [0.29, 0.717) is 31.4 Å². The highest BCUT2D eigenvalue weighted by molar-refractivity contribution is 7.80. The van der Waals surface area contributed by atoms with Gasteiger partial charge in [-0.25, -0.2) is 0 Å². The molecule has 0 spiro atoms. The maximum absolute atomic E-state index is 5.83. The Kier molecular flexibility index (Phi) is 7.30. The van der Waals surface area contributed by atoms with Gasteiger partial charge >= 0.3 is 0 Å². The molecule has 0 atom stereocenters. The van der Waals surface area contributed by atoms with E-state index in [1.54, 1.807) is 6.08 Å². The summed E-state index contributed by atoms with van der Waals surface area (Å²) in [4.78, 5) is 0. The van der Waals surface area contributed by atoms with E-state index in [1.165, 1.54) is 16.7 Å². The van der Waals surface area contributed by atoms with Crippen LogP contribution in [0.3, 0.4) is 0 Å². The monoisotopic (exact) mass is 326 g/mol. The zero-order valence-corrected chi connectivity index (χ0v) is 13.9. The minimum atomic E-state index is 0.583. The lowest BCUT2D eigenvalue weighted by atomic mass is 10.1. The molecule has 23 heavy (non-hydrogen) atoms. The average molecular weight is 326 g/mol. The molecule has 2 N–H and O–H groups in total. The van der Waals surface area contributed by atoms with Crippen molar-refractivity contribution in [3.05, 3.63) is 83.9 Å². The summed E-state index contributed by atoms with van der Waals surface area (Å²) >= 11 is 5.21. The van der Waals surface area contributed by atoms with E-state index in [2.05, 4.69) is 41.5 Å². The van der Waals surface area contributed by atoms with Gasteiger partial charge in [0.1, 0.15) is 0 Å². The molecule has 2 aromatic carbocycles. The second-order valence-corrected chi connectivity index (χ2v) is 5.51. The van der Waals surface area contributed by atoms with Gasteiger partial charge in [-0.2, -0.15) is 0 Å². The fourth-order valence-electron chi connectivity index (χ4n) is 2.13. The van der Waals surface area contributed by atoms with Crippen molar-refractivity contribution in [1.82, 2.24) is 10.6 Å². The van der Waals surface area contributed by atoms with Crippen LogP contribution in [0, 0.1) is 0 Å². The Hall–Kier alpha value is -2.17. The molecule has 0 saturated heterocycles. The van der Waals surface area contributed by atoms with Crippen LogP contribution in [0.1, 0.15) is 16.7 Å². The number of ether oxygens (including phenoxy) is 1. The molecule has 0 heterocycles. The van der Waals surface area contributed by atoms with E-state index in [1.807, 2.05) is 30.3 Å². The fraction of sp³-hybridized carbons (Fsp3) is 0.211. The van der Waals surface area contributed by atoms with Crippen molar-refractivity contribution in [1.29, 1.82) is 0 Å². The maximum atomic E-state index is 5.83. The molecule has 0 radical (unpaired) electrons. The summed E-state index contributed by atoms with van der Waals surface area (Å²) in [5.74, 6) is 0. The van der Waals surface area contributed by atoms with Gasteiger partial charge in [0.2, 0.25) is 0 Å². The first kappa shape index (κ1) is 17.2. The van der Waals surface area contributed by atoms with Gasteiger partial charge in [-0.1, -0.05) is 60.7 Å². The molecule has 0 saturated carbocycles. The Bertz CT molecular complexity index is 628. The molecule has 0 bridgehead atoms. The van der Waals surface area contributed by atoms with Gasteiger partial charge in [0.15, 0.2) is 5.11 Å². The number of hydrogen-bond donors (Lipinski definition) is 2. The van der Waals surface area contributed by atoms with Crippen LogP contribution in [0.15, 0.2) is 67.3 Å². The smallest absolute Gasteiger partial charge is 0.166 e. The van der Waals surface area contributed by atoms with E-state index < -0.39 is 0 Å². The lowest BCUT2D eigenvalue weighted by Gasteiger charge is -2.13. The van der Waals surface area contributed by atoms with Crippen molar-refractivity contribution < 1.29 is 4.74 Å². The summed E-state index contributed by atoms with van der Waals surface area (Å²) < 4.78 is 5.83. The van der Waals surface area contributed by atoms with Gasteiger partial charge in [-0.3, -0.25) is 0 Å². The minimum absolute atomic E-state index is 0.583. The predicted molar refractivity (Wildman–Crippen MR) is 99.0 cm³/mol. The summed E-state index contributed by atoms with van der Waals surface area (Å²) in [7, 11) is 0. The normalized spacial score (nSPS) is 10.1. The first-order valence-electron chi connectivity index (χ1n) is 7.60. The standard InChI is InChI=1S/C19H22N2OS/c1-2-12-20-19(23)21-13-17-10-6-7-11-18(17)15-22-14-16-8-4-3-5-9-16/h2-11H,1,12-15H2,(H2,20,21,23). The van der Waals surface area contributed by atoms with Gasteiger partial charge in [0.05, 0.1) is 13.2 Å². The van der Waals surface area contributed by atoms with Crippen LogP contribution < -0.4 is 10.6 Å². The molecule has 2 rings (SSSR count). The van der Waals surface area contributed by atoms with E-state index in [0.717, 1.165) is 0 Å². The molecule has 4 heteroatoms. The van der Waals surface area contributed by atoms with Crippen molar-refractivity contribution >= 4 is 17.3 Å². The second kappa shape index (κ2) is 9.77. The molecular weight excluding hydrogens is 304 g/mol. The Morgan fingerprint density at radius 3 is 2.39 bits per heavy atom. The Balaban J connectivity index is 1.84. The van der Waals surface area contributed by atoms with Gasteiger partial charge < -0.3 is 15.4 Å². The topological polar surface area (TPSA) is 33.3 Å². The molecule has 0 aliphatic rings. The van der Waals surface area contributed by atoms with Crippen LogP contribution in [0.2, 0.25) is 0 Å². The molecular formula is C19H22N2OS. The third-order valence-electron chi connectivity index (χ3n) is 3.33. The van der Waals surface area contributed by atoms with Crippen molar-refractivity contribution in [3.63, 3.8) is 0 Å². The van der Waals surface area contributed by atoms with Crippen LogP contribution in [-0.2, 0) is 24.5 Å². The lowest BCUT2D eigenvalue weighted by Crippen LogP contribution is -2.34. The number of nitrogens with one attached hydrogen (secondary N) is 2. The molecule has 0 aliphatic carbocycles. The van der Waals surface area contributed by atoms with Crippen molar-refractivity contribution in [2.75, 3.05) is 6.54 Å². The third-order valence-corrected chi connectivity index (χ3v) is 3.62. The molecule has 0 unspecified atom stereocenters. The Labute approximate surface area is 143 Å². The number of hydrogen-bond acceptors (Lipinski definition) is 2. The molecule has 3 nitrogen and oxygen atoms in total. The first-order chi connectivity index (χ1) is 11.3. The highest BCUT2D eigenvalue weighted by atomic mass is 32.1. The molecule has 0 fully saturated rings. The van der Waals surface area contributed by atoms with E-state index >= 15 is 0 Å². The van der Waals surface area contributed by atoms with Crippen LogP contribution in [0.25, 0.3) is 0 Å². The van der Waals surface area contributed by atoms with Crippen molar-refractivity contribution in [3.8, 4) is 0 Å². The van der Waals surface area contributed by atoms with Crippen LogP contribution >= 0.6 is 12.2 Å². The van der Waals surface area contributed by atoms with Crippen LogP contribution in [0.4, 0.5) is 0 Å². The number of rotatable bonds is 8. The molecule has 0 amide bonds. The number of benzene rings is 2. The van der Waals surface area contributed by atoms with E-state index in [9.17, 15) is 0 Å². The summed E-state index contributed by atoms with van der Waals surface area (Å²) in [5, 5.41) is 6.89. The van der Waals surface area contributed by atoms with Crippen molar-refractivity contribution in [2.45, 2.75) is 19.8 Å². The van der Waals surface area contributed by atoms with Crippen LogP contribution in [0.5, 0.6) is 0 Å². The van der Waals surface area contributed by atoms with E-state index in [4.69, 9.17) is 17.0 Å². The Morgan fingerprint density at radius 2 is 1.65 bits per heavy atom. The fourth-order valence-corrected chi connectivity index (χ4v) is 2.28. The van der Waals surface area contributed by atoms with E-state index in [-0.39, 0.29) is 0 Å². The highest BCUT2D eigenvalue weighted by Gasteiger charge is 2.03.